The third-order valence-corrected chi connectivity index (χ3v) is 3.97. The summed E-state index contributed by atoms with van der Waals surface area (Å²) in [4.78, 5) is 12.8. The van der Waals surface area contributed by atoms with Crippen LogP contribution in [0, 0.1) is 0 Å². The summed E-state index contributed by atoms with van der Waals surface area (Å²) in [5.74, 6) is -0.0891. The minimum atomic E-state index is -0.436. The molecule has 1 heterocycles. The summed E-state index contributed by atoms with van der Waals surface area (Å²) in [6.45, 7) is 1.81. The van der Waals surface area contributed by atoms with Crippen molar-refractivity contribution < 1.29 is 9.90 Å². The molecule has 0 unspecified atom stereocenters. The van der Waals surface area contributed by atoms with Crippen molar-refractivity contribution >= 4 is 28.9 Å². The second-order valence-electron chi connectivity index (χ2n) is 5.49. The Kier molecular flexibility index (Phi) is 4.48. The number of carbonyl (C=O) groups is 1. The molecule has 0 aromatic heterocycles. The lowest BCUT2D eigenvalue weighted by Gasteiger charge is -2.30. The lowest BCUT2D eigenvalue weighted by atomic mass is 9.94. The summed E-state index contributed by atoms with van der Waals surface area (Å²) in [6.07, 6.45) is 0. The van der Waals surface area contributed by atoms with Gasteiger partial charge < -0.3 is 21.1 Å². The Labute approximate surface area is 145 Å². The zero-order chi connectivity index (χ0) is 17.1. The van der Waals surface area contributed by atoms with Crippen molar-refractivity contribution in [3.8, 4) is 5.75 Å². The van der Waals surface area contributed by atoms with Gasteiger partial charge in [-0.3, -0.25) is 4.79 Å². The maximum atomic E-state index is 12.8. The highest BCUT2D eigenvalue weighted by molar-refractivity contribution is 7.80. The van der Waals surface area contributed by atoms with Gasteiger partial charge in [-0.15, -0.1) is 0 Å². The van der Waals surface area contributed by atoms with Crippen molar-refractivity contribution in [1.82, 2.24) is 10.6 Å². The molecule has 0 radical (unpaired) electrons. The summed E-state index contributed by atoms with van der Waals surface area (Å²) >= 11 is 5.21. The van der Waals surface area contributed by atoms with Gasteiger partial charge in [0.2, 0.25) is 0 Å². The number of amides is 1. The molecule has 0 aliphatic carbocycles. The zero-order valence-electron chi connectivity index (χ0n) is 13.0. The molecular weight excluding hydrogens is 322 g/mol. The molecule has 0 saturated carbocycles. The molecule has 0 spiro atoms. The van der Waals surface area contributed by atoms with E-state index >= 15 is 0 Å². The highest BCUT2D eigenvalue weighted by Gasteiger charge is 2.30. The predicted octanol–water partition coefficient (Wildman–Crippen LogP) is 2.82. The lowest BCUT2D eigenvalue weighted by molar-refractivity contribution is -0.113. The van der Waals surface area contributed by atoms with Gasteiger partial charge >= 0.3 is 0 Å². The number of para-hydroxylation sites is 1. The van der Waals surface area contributed by atoms with Crippen LogP contribution in [0.25, 0.3) is 0 Å². The Bertz CT molecular complexity index is 818. The average Bonchev–Trinajstić information content (AvgIpc) is 2.55. The summed E-state index contributed by atoms with van der Waals surface area (Å²) in [5, 5.41) is 19.2. The van der Waals surface area contributed by atoms with E-state index in [2.05, 4.69) is 16.0 Å². The van der Waals surface area contributed by atoms with Gasteiger partial charge in [0.25, 0.3) is 5.91 Å². The Balaban J connectivity index is 1.96. The number of thiocarbonyl (C=S) groups is 1. The van der Waals surface area contributed by atoms with Gasteiger partial charge in [0, 0.05) is 11.4 Å². The van der Waals surface area contributed by atoms with Crippen molar-refractivity contribution in [2.24, 2.45) is 0 Å². The minimum absolute atomic E-state index is 0.138. The van der Waals surface area contributed by atoms with Crippen LogP contribution in [0.1, 0.15) is 18.5 Å². The molecule has 3 rings (SSSR count). The standard InChI is InChI=1S/C18H17N3O2S/c1-11-15(17(23)20-13-7-3-2-4-8-13)16(21-18(24)19-11)12-6-5-9-14(22)10-12/h2-10,16,22H,1H3,(H,20,23)(H2,19,21,24)/t16-/m0/s1. The monoisotopic (exact) mass is 339 g/mol. The van der Waals surface area contributed by atoms with E-state index in [1.165, 1.54) is 0 Å². The maximum Gasteiger partial charge on any atom is 0.255 e. The van der Waals surface area contributed by atoms with Crippen molar-refractivity contribution in [3.05, 3.63) is 71.4 Å². The number of rotatable bonds is 3. The van der Waals surface area contributed by atoms with Crippen LogP contribution >= 0.6 is 12.2 Å². The van der Waals surface area contributed by atoms with Crippen molar-refractivity contribution in [2.75, 3.05) is 5.32 Å². The molecule has 0 fully saturated rings. The van der Waals surface area contributed by atoms with Crippen LogP contribution in [0.15, 0.2) is 65.9 Å². The Morgan fingerprint density at radius 3 is 2.62 bits per heavy atom. The van der Waals surface area contributed by atoms with Crippen LogP contribution in [0.2, 0.25) is 0 Å². The number of benzene rings is 2. The van der Waals surface area contributed by atoms with E-state index < -0.39 is 6.04 Å². The Morgan fingerprint density at radius 1 is 1.17 bits per heavy atom. The molecule has 5 nitrogen and oxygen atoms in total. The second kappa shape index (κ2) is 6.72. The fourth-order valence-corrected chi connectivity index (χ4v) is 2.94. The first-order chi connectivity index (χ1) is 11.5. The van der Waals surface area contributed by atoms with Gasteiger partial charge in [-0.25, -0.2) is 0 Å². The molecule has 2 aromatic carbocycles. The normalized spacial score (nSPS) is 17.0. The van der Waals surface area contributed by atoms with Crippen LogP contribution in [-0.4, -0.2) is 16.1 Å². The summed E-state index contributed by atoms with van der Waals surface area (Å²) < 4.78 is 0. The van der Waals surface area contributed by atoms with Crippen LogP contribution in [0.5, 0.6) is 5.75 Å². The Hall–Kier alpha value is -2.86. The smallest absolute Gasteiger partial charge is 0.255 e. The molecule has 0 saturated heterocycles. The van der Waals surface area contributed by atoms with Gasteiger partial charge in [0.15, 0.2) is 5.11 Å². The SMILES string of the molecule is CC1=C(C(=O)Nc2ccccc2)[C@H](c2cccc(O)c2)NC(=S)N1. The van der Waals surface area contributed by atoms with E-state index in [0.29, 0.717) is 22.1 Å². The number of phenolic OH excluding ortho intramolecular Hbond substituents is 1. The molecule has 1 amide bonds. The molecule has 1 atom stereocenters. The number of hydrogen-bond acceptors (Lipinski definition) is 3. The summed E-state index contributed by atoms with van der Waals surface area (Å²) in [5.41, 5.74) is 2.68. The fraction of sp³-hybridized carbons (Fsp3) is 0.111. The number of allylic oxidation sites excluding steroid dienone is 1. The van der Waals surface area contributed by atoms with Crippen molar-refractivity contribution in [2.45, 2.75) is 13.0 Å². The van der Waals surface area contributed by atoms with E-state index in [9.17, 15) is 9.90 Å². The third kappa shape index (κ3) is 3.38. The highest BCUT2D eigenvalue weighted by Crippen LogP contribution is 2.29. The molecule has 24 heavy (non-hydrogen) atoms. The van der Waals surface area contributed by atoms with Crippen LogP contribution in [0.4, 0.5) is 5.69 Å². The molecule has 0 bridgehead atoms. The van der Waals surface area contributed by atoms with E-state index in [4.69, 9.17) is 12.2 Å². The van der Waals surface area contributed by atoms with E-state index in [0.717, 1.165) is 5.56 Å². The lowest BCUT2D eigenvalue weighted by Crippen LogP contribution is -2.45. The van der Waals surface area contributed by atoms with Gasteiger partial charge in [-0.2, -0.15) is 0 Å². The van der Waals surface area contributed by atoms with E-state index in [1.807, 2.05) is 43.3 Å². The molecule has 4 N–H and O–H groups in total. The van der Waals surface area contributed by atoms with E-state index in [1.54, 1.807) is 18.2 Å². The fourth-order valence-electron chi connectivity index (χ4n) is 2.67. The van der Waals surface area contributed by atoms with Crippen LogP contribution < -0.4 is 16.0 Å². The summed E-state index contributed by atoms with van der Waals surface area (Å²) in [6, 6.07) is 15.6. The minimum Gasteiger partial charge on any atom is -0.508 e. The topological polar surface area (TPSA) is 73.4 Å². The highest BCUT2D eigenvalue weighted by atomic mass is 32.1. The van der Waals surface area contributed by atoms with Crippen molar-refractivity contribution in [1.29, 1.82) is 0 Å². The first-order valence-electron chi connectivity index (χ1n) is 7.48. The molecule has 1 aliphatic rings. The predicted molar refractivity (Wildman–Crippen MR) is 97.5 cm³/mol. The summed E-state index contributed by atoms with van der Waals surface area (Å²) in [7, 11) is 0. The maximum absolute atomic E-state index is 12.8. The van der Waals surface area contributed by atoms with E-state index in [-0.39, 0.29) is 11.7 Å². The number of carbonyl (C=O) groups excluding carboxylic acids is 1. The first-order valence-corrected chi connectivity index (χ1v) is 7.89. The van der Waals surface area contributed by atoms with Crippen molar-refractivity contribution in [3.63, 3.8) is 0 Å². The van der Waals surface area contributed by atoms with Gasteiger partial charge in [0.05, 0.1) is 11.6 Å². The number of phenols is 1. The number of hydrogen-bond donors (Lipinski definition) is 4. The average molecular weight is 339 g/mol. The second-order valence-corrected chi connectivity index (χ2v) is 5.89. The zero-order valence-corrected chi connectivity index (χ0v) is 13.9. The van der Waals surface area contributed by atoms with Gasteiger partial charge in [0.1, 0.15) is 5.75 Å². The quantitative estimate of drug-likeness (QED) is 0.647. The van der Waals surface area contributed by atoms with Gasteiger partial charge in [-0.1, -0.05) is 30.3 Å². The largest absolute Gasteiger partial charge is 0.508 e. The first kappa shape index (κ1) is 16.0. The number of anilines is 1. The number of aromatic hydroxyl groups is 1. The third-order valence-electron chi connectivity index (χ3n) is 3.75. The molecule has 1 aliphatic heterocycles. The number of nitrogens with one attached hydrogen (secondary N) is 3. The molecule has 2 aromatic rings. The van der Waals surface area contributed by atoms with Crippen LogP contribution in [0.3, 0.4) is 0 Å². The Morgan fingerprint density at radius 2 is 1.92 bits per heavy atom. The molecular formula is C18H17N3O2S. The van der Waals surface area contributed by atoms with Gasteiger partial charge in [-0.05, 0) is 49.0 Å². The molecule has 6 heteroatoms. The molecule has 122 valence electrons. The van der Waals surface area contributed by atoms with Crippen LogP contribution in [-0.2, 0) is 4.79 Å².